The molecule has 1 saturated heterocycles. The maximum atomic E-state index is 12.7. The number of non-ortho nitro benzene ring substituents is 1. The van der Waals surface area contributed by atoms with Crippen LogP contribution in [0.1, 0.15) is 17.5 Å². The summed E-state index contributed by atoms with van der Waals surface area (Å²) in [6, 6.07) is 19.3. The first kappa shape index (κ1) is 20.8. The van der Waals surface area contributed by atoms with Crippen molar-refractivity contribution in [1.29, 1.82) is 0 Å². The zero-order chi connectivity index (χ0) is 22.0. The van der Waals surface area contributed by atoms with E-state index in [0.29, 0.717) is 5.56 Å². The first-order chi connectivity index (χ1) is 14.8. The Labute approximate surface area is 178 Å². The van der Waals surface area contributed by atoms with E-state index in [-0.39, 0.29) is 31.7 Å². The molecule has 1 aliphatic heterocycles. The van der Waals surface area contributed by atoms with Crippen molar-refractivity contribution >= 4 is 22.6 Å². The molecule has 0 unspecified atom stereocenters. The summed E-state index contributed by atoms with van der Waals surface area (Å²) in [5.41, 5.74) is -0.211. The number of likely N-dealkylation sites (tertiary alicyclic amines) is 1. The number of benzene rings is 3. The van der Waals surface area contributed by atoms with Crippen molar-refractivity contribution in [2.24, 2.45) is 0 Å². The summed E-state index contributed by atoms with van der Waals surface area (Å²) < 4.78 is 5.31. The number of hydrogen-bond acceptors (Lipinski definition) is 6. The van der Waals surface area contributed by atoms with E-state index in [1.165, 1.54) is 24.3 Å². The number of aliphatic hydroxyl groups is 2. The summed E-state index contributed by atoms with van der Waals surface area (Å²) in [6.45, 7) is -0.140. The lowest BCUT2D eigenvalue weighted by molar-refractivity contribution is -0.384. The molecule has 0 bridgehead atoms. The summed E-state index contributed by atoms with van der Waals surface area (Å²) in [4.78, 5) is 24.1. The van der Waals surface area contributed by atoms with Gasteiger partial charge in [0.2, 0.25) is 0 Å². The zero-order valence-electron chi connectivity index (χ0n) is 16.7. The van der Waals surface area contributed by atoms with Crippen LogP contribution in [-0.4, -0.2) is 44.5 Å². The molecule has 2 N–H and O–H groups in total. The number of carbonyl (C=O) groups is 1. The fourth-order valence-electron chi connectivity index (χ4n) is 3.96. The lowest BCUT2D eigenvalue weighted by Crippen LogP contribution is -2.49. The van der Waals surface area contributed by atoms with Crippen molar-refractivity contribution in [3.8, 4) is 0 Å². The van der Waals surface area contributed by atoms with Crippen molar-refractivity contribution in [1.82, 2.24) is 4.90 Å². The number of amides is 1. The number of nitro groups is 1. The highest BCUT2D eigenvalue weighted by atomic mass is 16.6. The van der Waals surface area contributed by atoms with E-state index in [0.717, 1.165) is 21.2 Å². The number of fused-ring (bicyclic) bond motifs is 1. The van der Waals surface area contributed by atoms with Crippen LogP contribution in [0.2, 0.25) is 0 Å². The average Bonchev–Trinajstić information content (AvgIpc) is 3.06. The number of rotatable bonds is 5. The predicted molar refractivity (Wildman–Crippen MR) is 113 cm³/mol. The van der Waals surface area contributed by atoms with Gasteiger partial charge in [0.15, 0.2) is 0 Å². The third-order valence-corrected chi connectivity index (χ3v) is 5.49. The second-order valence-corrected chi connectivity index (χ2v) is 7.79. The molecule has 31 heavy (non-hydrogen) atoms. The molecule has 0 aromatic heterocycles. The smallest absolute Gasteiger partial charge is 0.412 e. The zero-order valence-corrected chi connectivity index (χ0v) is 16.7. The minimum Gasteiger partial charge on any atom is -0.444 e. The second kappa shape index (κ2) is 8.33. The van der Waals surface area contributed by atoms with Gasteiger partial charge in [-0.15, -0.1) is 0 Å². The van der Waals surface area contributed by atoms with Gasteiger partial charge in [-0.2, -0.15) is 0 Å². The Kier molecular flexibility index (Phi) is 5.58. The van der Waals surface area contributed by atoms with Crippen LogP contribution in [0, 0.1) is 10.1 Å². The number of nitrogens with zero attached hydrogens (tertiary/aromatic N) is 2. The molecule has 0 spiro atoms. The van der Waals surface area contributed by atoms with Crippen molar-refractivity contribution in [2.75, 3.05) is 6.54 Å². The summed E-state index contributed by atoms with van der Waals surface area (Å²) in [7, 11) is 0. The van der Waals surface area contributed by atoms with Crippen LogP contribution < -0.4 is 0 Å². The number of ether oxygens (including phenoxy) is 1. The number of nitro benzene ring substituents is 1. The molecule has 0 aliphatic carbocycles. The molecule has 1 heterocycles. The third-order valence-electron chi connectivity index (χ3n) is 5.49. The molecule has 8 heteroatoms. The molecule has 1 amide bonds. The molecular formula is C23H22N2O6. The van der Waals surface area contributed by atoms with Crippen molar-refractivity contribution < 1.29 is 24.7 Å². The Morgan fingerprint density at radius 1 is 1.10 bits per heavy atom. The first-order valence-electron chi connectivity index (χ1n) is 9.90. The quantitative estimate of drug-likeness (QED) is 0.481. The van der Waals surface area contributed by atoms with Crippen LogP contribution in [0.15, 0.2) is 66.7 Å². The lowest BCUT2D eigenvalue weighted by atomic mass is 9.97. The van der Waals surface area contributed by atoms with E-state index in [4.69, 9.17) is 4.74 Å². The summed E-state index contributed by atoms with van der Waals surface area (Å²) in [5, 5.41) is 34.2. The van der Waals surface area contributed by atoms with Gasteiger partial charge in [0.25, 0.3) is 5.69 Å². The Balaban J connectivity index is 1.46. The molecule has 4 rings (SSSR count). The highest BCUT2D eigenvalue weighted by Gasteiger charge is 2.47. The molecule has 1 aliphatic rings. The van der Waals surface area contributed by atoms with E-state index in [1.807, 2.05) is 42.5 Å². The summed E-state index contributed by atoms with van der Waals surface area (Å²) >= 11 is 0. The van der Waals surface area contributed by atoms with E-state index in [2.05, 4.69) is 0 Å². The standard InChI is InChI=1S/C23H22N2O6/c26-21-13-23(28,12-17-5-8-18-3-1-2-4-19(18)11-17)24(14-21)22(27)31-15-16-6-9-20(10-7-16)25(29)30/h1-11,21,26,28H,12-15H2/t21-,23+/m1/s1. The maximum absolute atomic E-state index is 12.7. The fraction of sp³-hybridized carbons (Fsp3) is 0.261. The Morgan fingerprint density at radius 3 is 2.48 bits per heavy atom. The van der Waals surface area contributed by atoms with Gasteiger partial charge >= 0.3 is 6.09 Å². The SMILES string of the molecule is O=C(OCc1ccc([N+](=O)[O-])cc1)N1C[C@H](O)C[C@@]1(O)Cc1ccc2ccccc2c1. The minimum atomic E-state index is -1.57. The van der Waals surface area contributed by atoms with Gasteiger partial charge in [-0.1, -0.05) is 42.5 Å². The largest absolute Gasteiger partial charge is 0.444 e. The molecule has 3 aromatic rings. The van der Waals surface area contributed by atoms with Gasteiger partial charge < -0.3 is 14.9 Å². The van der Waals surface area contributed by atoms with Crippen molar-refractivity contribution in [2.45, 2.75) is 31.3 Å². The van der Waals surface area contributed by atoms with Crippen molar-refractivity contribution in [3.63, 3.8) is 0 Å². The highest BCUT2D eigenvalue weighted by Crippen LogP contribution is 2.32. The Hall–Kier alpha value is -3.49. The van der Waals surface area contributed by atoms with Crippen LogP contribution in [0.4, 0.5) is 10.5 Å². The van der Waals surface area contributed by atoms with E-state index < -0.39 is 22.8 Å². The average molecular weight is 422 g/mol. The number of β-amino-alcohol motifs (C(OH)–C–C–N with tert-alkyl or cyclic N) is 1. The molecule has 3 aromatic carbocycles. The molecule has 2 atom stereocenters. The molecule has 8 nitrogen and oxygen atoms in total. The van der Waals surface area contributed by atoms with Gasteiger partial charge in [-0.3, -0.25) is 15.0 Å². The topological polar surface area (TPSA) is 113 Å². The molecule has 1 fully saturated rings. The summed E-state index contributed by atoms with van der Waals surface area (Å²) in [6.07, 6.45) is -1.44. The minimum absolute atomic E-state index is 0.0203. The van der Waals surface area contributed by atoms with Gasteiger partial charge in [0, 0.05) is 25.0 Å². The molecule has 160 valence electrons. The van der Waals surface area contributed by atoms with Crippen LogP contribution in [0.5, 0.6) is 0 Å². The molecular weight excluding hydrogens is 400 g/mol. The summed E-state index contributed by atoms with van der Waals surface area (Å²) in [5.74, 6) is 0. The molecule has 0 saturated carbocycles. The van der Waals surface area contributed by atoms with Gasteiger partial charge in [-0.05, 0) is 34.0 Å². The van der Waals surface area contributed by atoms with Gasteiger partial charge in [0.05, 0.1) is 17.6 Å². The number of carbonyl (C=O) groups excluding carboxylic acids is 1. The Bertz CT molecular complexity index is 1120. The van der Waals surface area contributed by atoms with Crippen LogP contribution >= 0.6 is 0 Å². The number of hydrogen-bond donors (Lipinski definition) is 2. The predicted octanol–water partition coefficient (Wildman–Crippen LogP) is 3.38. The van der Waals surface area contributed by atoms with E-state index >= 15 is 0 Å². The maximum Gasteiger partial charge on any atom is 0.412 e. The first-order valence-corrected chi connectivity index (χ1v) is 9.90. The van der Waals surface area contributed by atoms with Crippen molar-refractivity contribution in [3.05, 3.63) is 88.0 Å². The normalized spacial score (nSPS) is 20.7. The second-order valence-electron chi connectivity index (χ2n) is 7.79. The monoisotopic (exact) mass is 422 g/mol. The Morgan fingerprint density at radius 2 is 1.77 bits per heavy atom. The highest BCUT2D eigenvalue weighted by molar-refractivity contribution is 5.83. The van der Waals surface area contributed by atoms with Gasteiger partial charge in [0.1, 0.15) is 12.3 Å². The fourth-order valence-corrected chi connectivity index (χ4v) is 3.96. The van der Waals surface area contributed by atoms with Crippen LogP contribution in [0.25, 0.3) is 10.8 Å². The van der Waals surface area contributed by atoms with Crippen LogP contribution in [0.3, 0.4) is 0 Å². The van der Waals surface area contributed by atoms with E-state index in [9.17, 15) is 25.1 Å². The third kappa shape index (κ3) is 4.50. The number of aliphatic hydroxyl groups excluding tert-OH is 1. The van der Waals surface area contributed by atoms with Gasteiger partial charge in [-0.25, -0.2) is 4.79 Å². The van der Waals surface area contributed by atoms with E-state index in [1.54, 1.807) is 0 Å². The molecule has 0 radical (unpaired) electrons. The lowest BCUT2D eigenvalue weighted by Gasteiger charge is -2.32. The van der Waals surface area contributed by atoms with Crippen LogP contribution in [-0.2, 0) is 17.8 Å².